The summed E-state index contributed by atoms with van der Waals surface area (Å²) in [5, 5.41) is 16.0. The van der Waals surface area contributed by atoms with Crippen molar-refractivity contribution < 1.29 is 9.84 Å². The molecule has 5 nitrogen and oxygen atoms in total. The number of likely N-dealkylation sites (N-methyl/N-ethyl adjacent to an activating group) is 1. The van der Waals surface area contributed by atoms with Crippen LogP contribution in [-0.4, -0.2) is 53.9 Å². The molecule has 1 aliphatic carbocycles. The van der Waals surface area contributed by atoms with Crippen LogP contribution in [0.15, 0.2) is 35.2 Å². The molecular formula is C22H33N3O2S. The predicted molar refractivity (Wildman–Crippen MR) is 115 cm³/mol. The van der Waals surface area contributed by atoms with Gasteiger partial charge < -0.3 is 20.1 Å². The standard InChI is InChI=1S/C22H33N3O2S/c1-25(20-8-3-2-4-9-20)14-21(26)15-27-22-10-6-5-7-18(22)13-23-12-11-19-16-28-17-24-19/h5-7,10,16-17,20-21,23,26H,2-4,8-9,11-15H2,1H3. The summed E-state index contributed by atoms with van der Waals surface area (Å²) in [6, 6.07) is 8.67. The number of aromatic nitrogens is 1. The second-order valence-corrected chi connectivity index (χ2v) is 8.43. The molecule has 0 bridgehead atoms. The van der Waals surface area contributed by atoms with E-state index in [1.54, 1.807) is 11.3 Å². The summed E-state index contributed by atoms with van der Waals surface area (Å²) in [4.78, 5) is 6.61. The van der Waals surface area contributed by atoms with Crippen LogP contribution in [0, 0.1) is 0 Å². The van der Waals surface area contributed by atoms with E-state index in [1.165, 1.54) is 32.1 Å². The number of rotatable bonds is 11. The number of nitrogens with zero attached hydrogens (tertiary/aromatic N) is 2. The van der Waals surface area contributed by atoms with E-state index in [9.17, 15) is 5.11 Å². The van der Waals surface area contributed by atoms with Gasteiger partial charge in [0.2, 0.25) is 0 Å². The average molecular weight is 404 g/mol. The largest absolute Gasteiger partial charge is 0.491 e. The van der Waals surface area contributed by atoms with Crippen LogP contribution in [0.4, 0.5) is 0 Å². The zero-order valence-corrected chi connectivity index (χ0v) is 17.7. The fraction of sp³-hybridized carbons (Fsp3) is 0.591. The van der Waals surface area contributed by atoms with Crippen LogP contribution in [-0.2, 0) is 13.0 Å². The Morgan fingerprint density at radius 3 is 2.89 bits per heavy atom. The maximum absolute atomic E-state index is 10.4. The number of aliphatic hydroxyl groups is 1. The first-order valence-corrected chi connectivity index (χ1v) is 11.3. The smallest absolute Gasteiger partial charge is 0.123 e. The van der Waals surface area contributed by atoms with Gasteiger partial charge in [0.1, 0.15) is 18.5 Å². The maximum atomic E-state index is 10.4. The number of aliphatic hydroxyl groups excluding tert-OH is 1. The molecule has 1 aromatic carbocycles. The van der Waals surface area contributed by atoms with Gasteiger partial charge in [-0.2, -0.15) is 0 Å². The molecule has 1 atom stereocenters. The van der Waals surface area contributed by atoms with Crippen molar-refractivity contribution in [2.75, 3.05) is 26.7 Å². The van der Waals surface area contributed by atoms with E-state index < -0.39 is 6.10 Å². The third-order valence-corrected chi connectivity index (χ3v) is 6.09. The summed E-state index contributed by atoms with van der Waals surface area (Å²) in [6.07, 6.45) is 6.93. The topological polar surface area (TPSA) is 57.6 Å². The van der Waals surface area contributed by atoms with Gasteiger partial charge >= 0.3 is 0 Å². The van der Waals surface area contributed by atoms with E-state index in [0.29, 0.717) is 19.2 Å². The van der Waals surface area contributed by atoms with Crippen molar-refractivity contribution in [3.05, 3.63) is 46.4 Å². The molecule has 0 saturated heterocycles. The highest BCUT2D eigenvalue weighted by atomic mass is 32.1. The Bertz CT molecular complexity index is 674. The molecule has 1 heterocycles. The minimum Gasteiger partial charge on any atom is -0.491 e. The van der Waals surface area contributed by atoms with Crippen molar-refractivity contribution in [1.29, 1.82) is 0 Å². The van der Waals surface area contributed by atoms with Crippen LogP contribution >= 0.6 is 11.3 Å². The van der Waals surface area contributed by atoms with Crippen LogP contribution < -0.4 is 10.1 Å². The Balaban J connectivity index is 1.40. The van der Waals surface area contributed by atoms with Crippen molar-refractivity contribution in [1.82, 2.24) is 15.2 Å². The second-order valence-electron chi connectivity index (χ2n) is 7.71. The Kier molecular flexibility index (Phi) is 8.73. The Hall–Kier alpha value is -1.47. The number of benzene rings is 1. The molecule has 2 N–H and O–H groups in total. The van der Waals surface area contributed by atoms with Gasteiger partial charge in [-0.05, 0) is 26.0 Å². The van der Waals surface area contributed by atoms with Crippen molar-refractivity contribution >= 4 is 11.3 Å². The van der Waals surface area contributed by atoms with E-state index in [2.05, 4.69) is 33.7 Å². The summed E-state index contributed by atoms with van der Waals surface area (Å²) >= 11 is 1.63. The predicted octanol–water partition coefficient (Wildman–Crippen LogP) is 3.48. The van der Waals surface area contributed by atoms with E-state index >= 15 is 0 Å². The number of nitrogens with one attached hydrogen (secondary N) is 1. The highest BCUT2D eigenvalue weighted by Crippen LogP contribution is 2.22. The molecule has 0 radical (unpaired) electrons. The zero-order chi connectivity index (χ0) is 19.6. The zero-order valence-electron chi connectivity index (χ0n) is 16.8. The lowest BCUT2D eigenvalue weighted by molar-refractivity contribution is 0.0558. The number of hydrogen-bond donors (Lipinski definition) is 2. The Labute approximate surface area is 172 Å². The lowest BCUT2D eigenvalue weighted by Crippen LogP contribution is -2.40. The third kappa shape index (κ3) is 6.85. The number of ether oxygens (including phenoxy) is 1. The van der Waals surface area contributed by atoms with Crippen molar-refractivity contribution in [2.45, 2.75) is 57.2 Å². The number of para-hydroxylation sites is 1. The molecule has 0 spiro atoms. The molecule has 1 aromatic heterocycles. The fourth-order valence-corrected chi connectivity index (χ4v) is 4.43. The Morgan fingerprint density at radius 2 is 2.11 bits per heavy atom. The summed E-state index contributed by atoms with van der Waals surface area (Å²) in [6.45, 7) is 2.62. The minimum atomic E-state index is -0.474. The highest BCUT2D eigenvalue weighted by molar-refractivity contribution is 7.07. The summed E-state index contributed by atoms with van der Waals surface area (Å²) in [5.74, 6) is 0.850. The summed E-state index contributed by atoms with van der Waals surface area (Å²) in [7, 11) is 2.12. The molecule has 3 rings (SSSR count). The van der Waals surface area contributed by atoms with Gasteiger partial charge in [-0.1, -0.05) is 37.5 Å². The maximum Gasteiger partial charge on any atom is 0.123 e. The molecule has 2 aromatic rings. The van der Waals surface area contributed by atoms with Gasteiger partial charge in [0, 0.05) is 43.0 Å². The molecule has 0 aliphatic heterocycles. The molecular weight excluding hydrogens is 370 g/mol. The summed E-state index contributed by atoms with van der Waals surface area (Å²) in [5.41, 5.74) is 4.12. The molecule has 0 amide bonds. The van der Waals surface area contributed by atoms with Crippen LogP contribution in [0.2, 0.25) is 0 Å². The average Bonchev–Trinajstić information content (AvgIpc) is 3.24. The lowest BCUT2D eigenvalue weighted by Gasteiger charge is -2.32. The molecule has 1 aliphatic rings. The first-order valence-electron chi connectivity index (χ1n) is 10.4. The van der Waals surface area contributed by atoms with Crippen molar-refractivity contribution in [3.63, 3.8) is 0 Å². The SMILES string of the molecule is CN(CC(O)COc1ccccc1CNCCc1cscn1)C1CCCCC1. The second kappa shape index (κ2) is 11.5. The van der Waals surface area contributed by atoms with Gasteiger partial charge in [0.25, 0.3) is 0 Å². The lowest BCUT2D eigenvalue weighted by atomic mass is 9.94. The van der Waals surface area contributed by atoms with E-state index in [4.69, 9.17) is 4.74 Å². The quantitative estimate of drug-likeness (QED) is 0.563. The first kappa shape index (κ1) is 21.2. The van der Waals surface area contributed by atoms with E-state index in [0.717, 1.165) is 36.5 Å². The third-order valence-electron chi connectivity index (χ3n) is 5.46. The van der Waals surface area contributed by atoms with Crippen LogP contribution in [0.3, 0.4) is 0 Å². The summed E-state index contributed by atoms with van der Waals surface area (Å²) < 4.78 is 5.96. The molecule has 154 valence electrons. The molecule has 1 unspecified atom stereocenters. The van der Waals surface area contributed by atoms with E-state index in [-0.39, 0.29) is 0 Å². The van der Waals surface area contributed by atoms with Gasteiger partial charge in [-0.25, -0.2) is 4.98 Å². The fourth-order valence-electron chi connectivity index (χ4n) is 3.83. The van der Waals surface area contributed by atoms with E-state index in [1.807, 2.05) is 23.7 Å². The molecule has 1 saturated carbocycles. The van der Waals surface area contributed by atoms with Gasteiger partial charge in [0.05, 0.1) is 11.2 Å². The van der Waals surface area contributed by atoms with Gasteiger partial charge in [-0.15, -0.1) is 11.3 Å². The molecule has 6 heteroatoms. The number of hydrogen-bond acceptors (Lipinski definition) is 6. The van der Waals surface area contributed by atoms with Crippen LogP contribution in [0.5, 0.6) is 5.75 Å². The van der Waals surface area contributed by atoms with Crippen molar-refractivity contribution in [2.24, 2.45) is 0 Å². The van der Waals surface area contributed by atoms with Crippen molar-refractivity contribution in [3.8, 4) is 5.75 Å². The van der Waals surface area contributed by atoms with Gasteiger partial charge in [-0.3, -0.25) is 0 Å². The highest BCUT2D eigenvalue weighted by Gasteiger charge is 2.20. The molecule has 28 heavy (non-hydrogen) atoms. The monoisotopic (exact) mass is 403 g/mol. The molecule has 1 fully saturated rings. The van der Waals surface area contributed by atoms with Crippen LogP contribution in [0.1, 0.15) is 43.4 Å². The number of thiazole rings is 1. The van der Waals surface area contributed by atoms with Crippen LogP contribution in [0.25, 0.3) is 0 Å². The first-order chi connectivity index (χ1) is 13.7. The Morgan fingerprint density at radius 1 is 1.29 bits per heavy atom. The van der Waals surface area contributed by atoms with Gasteiger partial charge in [0.15, 0.2) is 0 Å². The normalized spacial score (nSPS) is 16.4. The minimum absolute atomic E-state index is 0.326.